The van der Waals surface area contributed by atoms with Gasteiger partial charge in [-0.1, -0.05) is 42.3 Å². The molecule has 1 fully saturated rings. The summed E-state index contributed by atoms with van der Waals surface area (Å²) < 4.78 is 0. The monoisotopic (exact) mass is 1090 g/mol. The van der Waals surface area contributed by atoms with E-state index in [1.54, 1.807) is 18.2 Å². The van der Waals surface area contributed by atoms with Gasteiger partial charge in [0.05, 0.1) is 24.8 Å². The lowest BCUT2D eigenvalue weighted by Gasteiger charge is -2.30. The summed E-state index contributed by atoms with van der Waals surface area (Å²) in [6.07, 6.45) is 0.742. The Morgan fingerprint density at radius 2 is 1.34 bits per heavy atom. The SMILES string of the molecule is Cc1cccc(CC(NC(=O)[C@@H]2CCCN2C(=O)[C@@H](CCCN)NC(=O)CNC(=O)[C@@H](NC(=O)[C@@H](NC(=O)[C@@H](N)CCCCN)[C@@H](O)CN)[C@@H](O)CN)C(=O)N[C@@H](CCCCN)C(=O)N/C(=C\CCN=C(N)N)C(=O)O)c1. The molecule has 0 bridgehead atoms. The number of amides is 8. The number of rotatable bonds is 36. The fraction of sp³-hybridized carbons (Fsp3) is 0.625. The third-order valence-corrected chi connectivity index (χ3v) is 12.3. The van der Waals surface area contributed by atoms with Gasteiger partial charge in [-0.25, -0.2) is 4.79 Å². The van der Waals surface area contributed by atoms with E-state index in [4.69, 9.17) is 45.9 Å². The van der Waals surface area contributed by atoms with Crippen LogP contribution >= 0.6 is 0 Å². The van der Waals surface area contributed by atoms with Crippen molar-refractivity contribution in [2.75, 3.05) is 52.4 Å². The van der Waals surface area contributed by atoms with Gasteiger partial charge in [0.25, 0.3) is 0 Å². The number of nitrogens with zero attached hydrogens (tertiary/aromatic N) is 2. The highest BCUT2D eigenvalue weighted by molar-refractivity contribution is 5.99. The zero-order chi connectivity index (χ0) is 57.6. The summed E-state index contributed by atoms with van der Waals surface area (Å²) in [5.74, 6) is -8.66. The van der Waals surface area contributed by atoms with Gasteiger partial charge in [0.15, 0.2) is 5.96 Å². The molecule has 26 N–H and O–H groups in total. The molecule has 0 aromatic heterocycles. The van der Waals surface area contributed by atoms with Gasteiger partial charge in [0.1, 0.15) is 41.9 Å². The molecule has 29 nitrogen and oxygen atoms in total. The molecule has 2 rings (SSSR count). The molecule has 77 heavy (non-hydrogen) atoms. The zero-order valence-corrected chi connectivity index (χ0v) is 43.8. The number of carboxylic acid groups (broad SMARTS) is 1. The number of unbranched alkanes of at least 4 members (excludes halogenated alkanes) is 2. The van der Waals surface area contributed by atoms with E-state index in [-0.39, 0.29) is 77.1 Å². The summed E-state index contributed by atoms with van der Waals surface area (Å²) in [5, 5.41) is 48.2. The highest BCUT2D eigenvalue weighted by Crippen LogP contribution is 2.21. The molecule has 1 heterocycles. The molecule has 1 unspecified atom stereocenters. The molecular weight excluding hydrogens is 1010 g/mol. The number of aliphatic hydroxyl groups is 2. The van der Waals surface area contributed by atoms with Crippen LogP contribution in [0, 0.1) is 6.92 Å². The van der Waals surface area contributed by atoms with Gasteiger partial charge in [0.2, 0.25) is 47.3 Å². The molecule has 1 aromatic carbocycles. The topological polar surface area (TPSA) is 522 Å². The number of aliphatic hydroxyl groups excluding tert-OH is 2. The Labute approximate surface area is 447 Å². The van der Waals surface area contributed by atoms with Gasteiger partial charge < -0.3 is 103 Å². The fourth-order valence-electron chi connectivity index (χ4n) is 8.09. The van der Waals surface area contributed by atoms with E-state index in [1.165, 1.54) is 11.0 Å². The second kappa shape index (κ2) is 35.5. The predicted octanol–water partition coefficient (Wildman–Crippen LogP) is -7.22. The lowest BCUT2D eigenvalue weighted by Crippen LogP contribution is -2.63. The van der Waals surface area contributed by atoms with Crippen molar-refractivity contribution in [1.82, 2.24) is 42.1 Å². The van der Waals surface area contributed by atoms with Crippen molar-refractivity contribution in [2.45, 2.75) is 138 Å². The Hall–Kier alpha value is -6.86. The minimum absolute atomic E-state index is 0.00126. The third kappa shape index (κ3) is 23.5. The fourth-order valence-corrected chi connectivity index (χ4v) is 8.09. The summed E-state index contributed by atoms with van der Waals surface area (Å²) in [5.41, 5.74) is 45.8. The molecule has 9 atom stereocenters. The molecule has 1 saturated heterocycles. The Morgan fingerprint density at radius 1 is 0.727 bits per heavy atom. The predicted molar refractivity (Wildman–Crippen MR) is 284 cm³/mol. The van der Waals surface area contributed by atoms with Crippen LogP contribution in [0.2, 0.25) is 0 Å². The van der Waals surface area contributed by atoms with Gasteiger partial charge in [0, 0.05) is 32.6 Å². The molecule has 29 heteroatoms. The highest BCUT2D eigenvalue weighted by atomic mass is 16.4. The van der Waals surface area contributed by atoms with Crippen LogP contribution in [0.1, 0.15) is 81.8 Å². The number of carboxylic acids is 1. The smallest absolute Gasteiger partial charge is 0.352 e. The first kappa shape index (κ1) is 66.3. The van der Waals surface area contributed by atoms with Crippen LogP contribution in [-0.2, 0) is 49.6 Å². The summed E-state index contributed by atoms with van der Waals surface area (Å²) in [4.78, 5) is 127. The molecule has 8 amide bonds. The first-order valence-electron chi connectivity index (χ1n) is 25.7. The van der Waals surface area contributed by atoms with E-state index in [9.17, 15) is 58.5 Å². The van der Waals surface area contributed by atoms with E-state index >= 15 is 0 Å². The number of nitrogens with one attached hydrogen (secondary N) is 7. The minimum Gasteiger partial charge on any atom is -0.477 e. The van der Waals surface area contributed by atoms with Crippen LogP contribution in [-0.4, -0.2) is 186 Å². The molecule has 1 aromatic rings. The average Bonchev–Trinajstić information content (AvgIpc) is 3.90. The Morgan fingerprint density at radius 3 is 1.94 bits per heavy atom. The van der Waals surface area contributed by atoms with Gasteiger partial charge in [-0.15, -0.1) is 0 Å². The van der Waals surface area contributed by atoms with Crippen LogP contribution in [0.15, 0.2) is 41.0 Å². The number of aryl methyl sites for hydroxylation is 1. The highest BCUT2D eigenvalue weighted by Gasteiger charge is 2.40. The Balaban J connectivity index is 2.32. The second-order valence-electron chi connectivity index (χ2n) is 18.5. The van der Waals surface area contributed by atoms with Crippen molar-refractivity contribution in [3.63, 3.8) is 0 Å². The van der Waals surface area contributed by atoms with E-state index in [0.29, 0.717) is 44.2 Å². The average molecular weight is 1090 g/mol. The first-order valence-corrected chi connectivity index (χ1v) is 25.7. The molecule has 432 valence electrons. The second-order valence-corrected chi connectivity index (χ2v) is 18.5. The summed E-state index contributed by atoms with van der Waals surface area (Å²) in [7, 11) is 0. The summed E-state index contributed by atoms with van der Waals surface area (Å²) in [6.45, 7) is 0.829. The molecule has 0 saturated carbocycles. The van der Waals surface area contributed by atoms with Crippen LogP contribution < -0.4 is 83.1 Å². The van der Waals surface area contributed by atoms with Gasteiger partial charge >= 0.3 is 5.97 Å². The molecule has 0 spiro atoms. The number of nitrogens with two attached hydrogens (primary N) is 8. The minimum atomic E-state index is -1.82. The van der Waals surface area contributed by atoms with Crippen LogP contribution in [0.3, 0.4) is 0 Å². The number of carbonyl (C=O) groups excluding carboxylic acids is 8. The van der Waals surface area contributed by atoms with E-state index in [1.807, 2.05) is 13.0 Å². The standard InChI is InChI=1S/C48H83N17O12/c1-27-10-6-11-28(22-27)23-33(42(71)60-30(13-3-5-18-50)41(70)61-32(47(76)77)15-8-20-57-48(55)56)62-43(72)34-16-9-21-65(34)46(75)31(14-7-19-51)59-37(68)26-58-44(73)38(35(66)24-52)64-45(74)39(36(67)25-53)63-40(69)29(54)12-2-4-17-49/h6,10-11,15,22,29-31,33-36,38-39,66-67H,2-5,7-9,12-14,16-21,23-26,49-54H2,1H3,(H,58,73)(H,59,68)(H,60,71)(H,61,70)(H,62,72)(H,63,69)(H,64,74)(H,76,77)(H4,55,56,57)/b32-15-/t29-,30-,31+,33?,34-,35-,36-,38-,39-/m0/s1. The lowest BCUT2D eigenvalue weighted by atomic mass is 10.0. The number of aliphatic carboxylic acids is 1. The number of aliphatic imine (C=N–C) groups is 1. The number of hydrogen-bond acceptors (Lipinski definition) is 18. The quantitative estimate of drug-likeness (QED) is 0.0128. The van der Waals surface area contributed by atoms with E-state index < -0.39 is 133 Å². The van der Waals surface area contributed by atoms with Crippen LogP contribution in [0.4, 0.5) is 0 Å². The number of guanidine groups is 1. The number of likely N-dealkylation sites (tertiary alicyclic amines) is 1. The van der Waals surface area contributed by atoms with Gasteiger partial charge in [-0.3, -0.25) is 43.3 Å². The Bertz CT molecular complexity index is 2180. The maximum Gasteiger partial charge on any atom is 0.352 e. The molecular formula is C48H83N17O12. The number of carbonyl (C=O) groups is 9. The molecule has 0 aliphatic carbocycles. The van der Waals surface area contributed by atoms with Crippen molar-refractivity contribution < 1.29 is 58.5 Å². The maximum absolute atomic E-state index is 14.3. The van der Waals surface area contributed by atoms with Gasteiger partial charge in [-0.2, -0.15) is 0 Å². The van der Waals surface area contributed by atoms with Crippen molar-refractivity contribution in [3.05, 3.63) is 47.2 Å². The third-order valence-electron chi connectivity index (χ3n) is 12.3. The van der Waals surface area contributed by atoms with E-state index in [0.717, 1.165) is 5.56 Å². The number of benzene rings is 1. The lowest BCUT2D eigenvalue weighted by molar-refractivity contribution is -0.142. The van der Waals surface area contributed by atoms with Gasteiger partial charge in [-0.05, 0) is 96.3 Å². The zero-order valence-electron chi connectivity index (χ0n) is 43.8. The van der Waals surface area contributed by atoms with Crippen LogP contribution in [0.25, 0.3) is 0 Å². The summed E-state index contributed by atoms with van der Waals surface area (Å²) >= 11 is 0. The maximum atomic E-state index is 14.3. The van der Waals surface area contributed by atoms with Crippen molar-refractivity contribution >= 4 is 59.2 Å². The first-order chi connectivity index (χ1) is 36.6. The molecule has 0 radical (unpaired) electrons. The molecule has 1 aliphatic rings. The number of hydrogen-bond donors (Lipinski definition) is 18. The van der Waals surface area contributed by atoms with Crippen molar-refractivity contribution in [3.8, 4) is 0 Å². The molecule has 1 aliphatic heterocycles. The van der Waals surface area contributed by atoms with E-state index in [2.05, 4.69) is 42.2 Å². The summed E-state index contributed by atoms with van der Waals surface area (Å²) in [6, 6.07) is -2.52. The largest absolute Gasteiger partial charge is 0.477 e. The van der Waals surface area contributed by atoms with Crippen LogP contribution in [0.5, 0.6) is 0 Å². The van der Waals surface area contributed by atoms with Crippen molar-refractivity contribution in [1.29, 1.82) is 0 Å². The van der Waals surface area contributed by atoms with Crippen molar-refractivity contribution in [2.24, 2.45) is 50.9 Å². The Kier molecular flexibility index (Phi) is 30.5. The normalized spacial score (nSPS) is 16.5.